The molecule has 1 aromatic heterocycles. The predicted molar refractivity (Wildman–Crippen MR) is 95.8 cm³/mol. The molecule has 0 saturated heterocycles. The van der Waals surface area contributed by atoms with Crippen molar-refractivity contribution in [2.24, 2.45) is 0 Å². The number of rotatable bonds is 4. The standard InChI is InChI=1S/C18H24N4O2S/c1-12(2)17-19-18-16(8-5-9-22(18)20-17)21-25(23,24)15-10-13-6-3-4-7-14(13)11-15/h3-4,6-7,12,15-16,21H,5,8-11H2,1-2H3/t16-/m0/s1. The van der Waals surface area contributed by atoms with Crippen LogP contribution in [0.3, 0.4) is 0 Å². The van der Waals surface area contributed by atoms with Crippen LogP contribution in [-0.4, -0.2) is 28.4 Å². The number of sulfonamides is 1. The van der Waals surface area contributed by atoms with Crippen LogP contribution in [-0.2, 0) is 29.4 Å². The minimum absolute atomic E-state index is 0.236. The van der Waals surface area contributed by atoms with Gasteiger partial charge in [0.2, 0.25) is 10.0 Å². The zero-order valence-corrected chi connectivity index (χ0v) is 15.5. The normalized spacial score (nSPS) is 20.7. The molecule has 4 rings (SSSR count). The molecule has 1 aliphatic heterocycles. The van der Waals surface area contributed by atoms with Crippen LogP contribution < -0.4 is 4.72 Å². The monoisotopic (exact) mass is 360 g/mol. The minimum atomic E-state index is -3.41. The van der Waals surface area contributed by atoms with Crippen molar-refractivity contribution in [3.05, 3.63) is 47.0 Å². The molecule has 1 atom stereocenters. The highest BCUT2D eigenvalue weighted by Gasteiger charge is 2.36. The lowest BCUT2D eigenvalue weighted by molar-refractivity contribution is 0.398. The molecule has 2 aromatic rings. The van der Waals surface area contributed by atoms with E-state index in [0.29, 0.717) is 12.8 Å². The van der Waals surface area contributed by atoms with Gasteiger partial charge in [-0.3, -0.25) is 0 Å². The summed E-state index contributed by atoms with van der Waals surface area (Å²) in [5.41, 5.74) is 2.29. The fourth-order valence-corrected chi connectivity index (χ4v) is 5.37. The molecule has 2 heterocycles. The van der Waals surface area contributed by atoms with Crippen LogP contribution >= 0.6 is 0 Å². The summed E-state index contributed by atoms with van der Waals surface area (Å²) in [6.45, 7) is 4.91. The van der Waals surface area contributed by atoms with Crippen LogP contribution in [0.2, 0.25) is 0 Å². The number of hydrogen-bond acceptors (Lipinski definition) is 4. The summed E-state index contributed by atoms with van der Waals surface area (Å²) in [6.07, 6.45) is 2.85. The summed E-state index contributed by atoms with van der Waals surface area (Å²) in [5, 5.41) is 4.14. The predicted octanol–water partition coefficient (Wildman–Crippen LogP) is 2.32. The summed E-state index contributed by atoms with van der Waals surface area (Å²) in [4.78, 5) is 4.61. The highest BCUT2D eigenvalue weighted by molar-refractivity contribution is 7.90. The first kappa shape index (κ1) is 16.7. The molecule has 1 N–H and O–H groups in total. The van der Waals surface area contributed by atoms with E-state index < -0.39 is 15.3 Å². The van der Waals surface area contributed by atoms with Crippen LogP contribution in [0, 0.1) is 0 Å². The first-order valence-corrected chi connectivity index (χ1v) is 10.5. The summed E-state index contributed by atoms with van der Waals surface area (Å²) >= 11 is 0. The Morgan fingerprint density at radius 2 is 1.88 bits per heavy atom. The molecule has 2 aliphatic rings. The summed E-state index contributed by atoms with van der Waals surface area (Å²) < 4.78 is 30.7. The van der Waals surface area contributed by atoms with Crippen LogP contribution in [0.25, 0.3) is 0 Å². The second-order valence-corrected chi connectivity index (χ2v) is 9.36. The molecule has 0 amide bonds. The van der Waals surface area contributed by atoms with Crippen LogP contribution in [0.1, 0.15) is 61.4 Å². The van der Waals surface area contributed by atoms with Crippen molar-refractivity contribution in [1.82, 2.24) is 19.5 Å². The van der Waals surface area contributed by atoms with E-state index in [1.165, 1.54) is 0 Å². The minimum Gasteiger partial charge on any atom is -0.248 e. The Balaban J connectivity index is 1.55. The number of fused-ring (bicyclic) bond motifs is 2. The van der Waals surface area contributed by atoms with Gasteiger partial charge in [-0.15, -0.1) is 0 Å². The number of benzene rings is 1. The van der Waals surface area contributed by atoms with Gasteiger partial charge in [0.15, 0.2) is 5.82 Å². The number of hydrogen-bond donors (Lipinski definition) is 1. The Bertz CT molecular complexity index is 863. The number of aryl methyl sites for hydroxylation is 1. The van der Waals surface area contributed by atoms with Crippen LogP contribution in [0.4, 0.5) is 0 Å². The second-order valence-electron chi connectivity index (χ2n) is 7.36. The molecule has 1 aromatic carbocycles. The molecular formula is C18H24N4O2S. The zero-order valence-electron chi connectivity index (χ0n) is 14.6. The van der Waals surface area contributed by atoms with Gasteiger partial charge in [-0.2, -0.15) is 5.10 Å². The lowest BCUT2D eigenvalue weighted by Crippen LogP contribution is -2.39. The molecule has 0 fully saturated rings. The highest BCUT2D eigenvalue weighted by atomic mass is 32.2. The van der Waals surface area contributed by atoms with E-state index in [1.807, 2.05) is 28.9 Å². The maximum atomic E-state index is 13.0. The van der Waals surface area contributed by atoms with E-state index >= 15 is 0 Å². The highest BCUT2D eigenvalue weighted by Crippen LogP contribution is 2.30. The van der Waals surface area contributed by atoms with E-state index in [9.17, 15) is 8.42 Å². The maximum absolute atomic E-state index is 13.0. The van der Waals surface area contributed by atoms with E-state index in [4.69, 9.17) is 0 Å². The average molecular weight is 360 g/mol. The smallest absolute Gasteiger partial charge is 0.215 e. The number of aromatic nitrogens is 3. The van der Waals surface area contributed by atoms with Gasteiger partial charge >= 0.3 is 0 Å². The largest absolute Gasteiger partial charge is 0.248 e. The van der Waals surface area contributed by atoms with Gasteiger partial charge in [0.25, 0.3) is 0 Å². The van der Waals surface area contributed by atoms with E-state index in [-0.39, 0.29) is 12.0 Å². The van der Waals surface area contributed by atoms with Gasteiger partial charge < -0.3 is 0 Å². The molecule has 6 nitrogen and oxygen atoms in total. The zero-order chi connectivity index (χ0) is 17.6. The third-order valence-corrected chi connectivity index (χ3v) is 6.99. The number of nitrogens with one attached hydrogen (secondary N) is 1. The molecule has 0 saturated carbocycles. The third kappa shape index (κ3) is 3.11. The Hall–Kier alpha value is -1.73. The molecule has 0 spiro atoms. The Labute approximate surface area is 148 Å². The molecule has 134 valence electrons. The topological polar surface area (TPSA) is 76.9 Å². The van der Waals surface area contributed by atoms with Gasteiger partial charge in [0, 0.05) is 12.5 Å². The maximum Gasteiger partial charge on any atom is 0.215 e. The summed E-state index contributed by atoms with van der Waals surface area (Å²) in [7, 11) is -3.41. The fraction of sp³-hybridized carbons (Fsp3) is 0.556. The van der Waals surface area contributed by atoms with E-state index in [1.54, 1.807) is 0 Å². The fourth-order valence-electron chi connectivity index (χ4n) is 3.76. The summed E-state index contributed by atoms with van der Waals surface area (Å²) in [6, 6.07) is 7.72. The molecule has 1 aliphatic carbocycles. The van der Waals surface area contributed by atoms with E-state index in [0.717, 1.165) is 42.2 Å². The van der Waals surface area contributed by atoms with Crippen LogP contribution in [0.5, 0.6) is 0 Å². The lowest BCUT2D eigenvalue weighted by atomic mass is 10.1. The van der Waals surface area contributed by atoms with Crippen molar-refractivity contribution >= 4 is 10.0 Å². The average Bonchev–Trinajstić information content (AvgIpc) is 3.19. The molecular weight excluding hydrogens is 336 g/mol. The second kappa shape index (κ2) is 6.21. The first-order chi connectivity index (χ1) is 11.9. The van der Waals surface area contributed by atoms with Crippen molar-refractivity contribution in [1.29, 1.82) is 0 Å². The molecule has 7 heteroatoms. The van der Waals surface area contributed by atoms with Crippen LogP contribution in [0.15, 0.2) is 24.3 Å². The SMILES string of the molecule is CC(C)c1nc2n(n1)CCC[C@@H]2NS(=O)(=O)C1Cc2ccccc2C1. The Morgan fingerprint density at radius 1 is 1.20 bits per heavy atom. The third-order valence-electron chi connectivity index (χ3n) is 5.17. The van der Waals surface area contributed by atoms with Gasteiger partial charge in [0.1, 0.15) is 5.82 Å². The van der Waals surface area contributed by atoms with Gasteiger partial charge in [-0.1, -0.05) is 38.1 Å². The lowest BCUT2D eigenvalue weighted by Gasteiger charge is -2.24. The van der Waals surface area contributed by atoms with Gasteiger partial charge in [0.05, 0.1) is 11.3 Å². The van der Waals surface area contributed by atoms with Crippen molar-refractivity contribution < 1.29 is 8.42 Å². The molecule has 0 bridgehead atoms. The summed E-state index contributed by atoms with van der Waals surface area (Å²) in [5.74, 6) is 1.78. The number of nitrogens with zero attached hydrogens (tertiary/aromatic N) is 3. The van der Waals surface area contributed by atoms with Gasteiger partial charge in [-0.25, -0.2) is 22.8 Å². The van der Waals surface area contributed by atoms with Crippen molar-refractivity contribution in [3.8, 4) is 0 Å². The van der Waals surface area contributed by atoms with Crippen molar-refractivity contribution in [3.63, 3.8) is 0 Å². The molecule has 0 radical (unpaired) electrons. The Kier molecular flexibility index (Phi) is 4.16. The quantitative estimate of drug-likeness (QED) is 0.908. The molecule has 25 heavy (non-hydrogen) atoms. The van der Waals surface area contributed by atoms with Crippen molar-refractivity contribution in [2.75, 3.05) is 0 Å². The van der Waals surface area contributed by atoms with Crippen molar-refractivity contribution in [2.45, 2.75) is 63.3 Å². The van der Waals surface area contributed by atoms with E-state index in [2.05, 4.69) is 28.7 Å². The Morgan fingerprint density at radius 3 is 2.52 bits per heavy atom. The first-order valence-electron chi connectivity index (χ1n) is 8.96. The molecule has 0 unspecified atom stereocenters. The van der Waals surface area contributed by atoms with Gasteiger partial charge in [-0.05, 0) is 36.8 Å².